The number of rotatable bonds is 7. The van der Waals surface area contributed by atoms with Crippen LogP contribution in [0.3, 0.4) is 0 Å². The highest BCUT2D eigenvalue weighted by molar-refractivity contribution is 5.97. The second-order valence-corrected chi connectivity index (χ2v) is 8.23. The molecule has 1 unspecified atom stereocenters. The molecule has 0 aromatic heterocycles. The van der Waals surface area contributed by atoms with Crippen LogP contribution < -0.4 is 10.1 Å². The number of hydrogen-bond acceptors (Lipinski definition) is 3. The Morgan fingerprint density at radius 2 is 1.47 bits per heavy atom. The zero-order valence-corrected chi connectivity index (χ0v) is 18.6. The van der Waals surface area contributed by atoms with E-state index >= 15 is 0 Å². The van der Waals surface area contributed by atoms with Crippen molar-refractivity contribution in [2.75, 3.05) is 13.1 Å². The largest absolute Gasteiger partial charge is 0.434 e. The van der Waals surface area contributed by atoms with Crippen LogP contribution in [0.2, 0.25) is 0 Å². The van der Waals surface area contributed by atoms with E-state index in [-0.39, 0.29) is 29.8 Å². The molecule has 1 saturated heterocycles. The maximum atomic E-state index is 13.3. The van der Waals surface area contributed by atoms with E-state index in [4.69, 9.17) is 0 Å². The van der Waals surface area contributed by atoms with Crippen molar-refractivity contribution in [3.63, 3.8) is 0 Å². The van der Waals surface area contributed by atoms with Gasteiger partial charge in [0.25, 0.3) is 5.91 Å². The molecule has 7 heteroatoms. The van der Waals surface area contributed by atoms with Gasteiger partial charge in [0.1, 0.15) is 5.75 Å². The smallest absolute Gasteiger partial charge is 0.387 e. The molecule has 0 spiro atoms. The van der Waals surface area contributed by atoms with Crippen LogP contribution in [-0.2, 0) is 4.79 Å². The first-order valence-corrected chi connectivity index (χ1v) is 11.3. The Hall–Kier alpha value is -3.74. The van der Waals surface area contributed by atoms with Crippen molar-refractivity contribution in [2.24, 2.45) is 5.92 Å². The van der Waals surface area contributed by atoms with Gasteiger partial charge in [0, 0.05) is 13.1 Å². The summed E-state index contributed by atoms with van der Waals surface area (Å²) in [7, 11) is 0. The number of piperidine rings is 1. The van der Waals surface area contributed by atoms with E-state index in [0.717, 1.165) is 11.1 Å². The van der Waals surface area contributed by atoms with Crippen LogP contribution in [0.25, 0.3) is 0 Å². The molecule has 0 aliphatic carbocycles. The predicted molar refractivity (Wildman–Crippen MR) is 125 cm³/mol. The van der Waals surface area contributed by atoms with Crippen molar-refractivity contribution in [3.8, 4) is 5.75 Å². The Balaban J connectivity index is 1.49. The molecule has 0 radical (unpaired) electrons. The zero-order chi connectivity index (χ0) is 23.9. The fourth-order valence-corrected chi connectivity index (χ4v) is 4.30. The zero-order valence-electron chi connectivity index (χ0n) is 18.6. The average molecular weight is 465 g/mol. The van der Waals surface area contributed by atoms with Crippen molar-refractivity contribution in [1.29, 1.82) is 0 Å². The molecule has 3 aromatic rings. The van der Waals surface area contributed by atoms with E-state index in [1.807, 2.05) is 60.7 Å². The summed E-state index contributed by atoms with van der Waals surface area (Å²) in [6, 6.07) is 25.1. The minimum absolute atomic E-state index is 0.0651. The van der Waals surface area contributed by atoms with E-state index in [2.05, 4.69) is 10.1 Å². The summed E-state index contributed by atoms with van der Waals surface area (Å²) in [5.41, 5.74) is 1.99. The van der Waals surface area contributed by atoms with Crippen LogP contribution in [-0.4, -0.2) is 36.4 Å². The topological polar surface area (TPSA) is 58.6 Å². The minimum Gasteiger partial charge on any atom is -0.434 e. The quantitative estimate of drug-likeness (QED) is 0.533. The summed E-state index contributed by atoms with van der Waals surface area (Å²) in [4.78, 5) is 27.9. The molecule has 4 rings (SSSR count). The Bertz CT molecular complexity index is 1070. The number of halogens is 2. The van der Waals surface area contributed by atoms with Crippen LogP contribution in [0.15, 0.2) is 84.9 Å². The summed E-state index contributed by atoms with van der Waals surface area (Å²) in [5.74, 6) is -1.14. The summed E-state index contributed by atoms with van der Waals surface area (Å²) in [6.45, 7) is -2.36. The van der Waals surface area contributed by atoms with E-state index in [1.54, 1.807) is 11.0 Å². The Labute approximate surface area is 197 Å². The number of likely N-dealkylation sites (tertiary alicyclic amines) is 1. The third-order valence-corrected chi connectivity index (χ3v) is 5.97. The van der Waals surface area contributed by atoms with Gasteiger partial charge in [-0.1, -0.05) is 72.8 Å². The molecule has 1 fully saturated rings. The molecule has 1 aliphatic rings. The van der Waals surface area contributed by atoms with Crippen LogP contribution in [0.1, 0.15) is 40.4 Å². The first kappa shape index (κ1) is 23.4. The van der Waals surface area contributed by atoms with Crippen LogP contribution in [0.4, 0.5) is 8.78 Å². The second-order valence-electron chi connectivity index (χ2n) is 8.23. The number of para-hydroxylation sites is 1. The van der Waals surface area contributed by atoms with Gasteiger partial charge in [-0.25, -0.2) is 0 Å². The van der Waals surface area contributed by atoms with Crippen molar-refractivity contribution >= 4 is 11.8 Å². The van der Waals surface area contributed by atoms with Gasteiger partial charge >= 0.3 is 6.61 Å². The highest BCUT2D eigenvalue weighted by atomic mass is 19.3. The van der Waals surface area contributed by atoms with Gasteiger partial charge < -0.3 is 15.0 Å². The summed E-state index contributed by atoms with van der Waals surface area (Å²) < 4.78 is 30.1. The highest BCUT2D eigenvalue weighted by Crippen LogP contribution is 2.27. The molecule has 34 heavy (non-hydrogen) atoms. The van der Waals surface area contributed by atoms with Crippen molar-refractivity contribution < 1.29 is 23.1 Å². The average Bonchev–Trinajstić information content (AvgIpc) is 2.88. The molecule has 3 aromatic carbocycles. The monoisotopic (exact) mass is 464 g/mol. The van der Waals surface area contributed by atoms with Crippen LogP contribution in [0, 0.1) is 5.92 Å². The van der Waals surface area contributed by atoms with Gasteiger partial charge in [-0.2, -0.15) is 8.78 Å². The van der Waals surface area contributed by atoms with Gasteiger partial charge in [-0.3, -0.25) is 9.59 Å². The normalized spacial score (nSPS) is 15.9. The number of ether oxygens (including phenoxy) is 1. The Morgan fingerprint density at radius 1 is 0.882 bits per heavy atom. The molecular weight excluding hydrogens is 438 g/mol. The second kappa shape index (κ2) is 10.9. The van der Waals surface area contributed by atoms with E-state index in [1.165, 1.54) is 18.2 Å². The van der Waals surface area contributed by atoms with E-state index in [9.17, 15) is 18.4 Å². The lowest BCUT2D eigenvalue weighted by atomic mass is 9.94. The first-order chi connectivity index (χ1) is 16.5. The molecule has 1 N–H and O–H groups in total. The first-order valence-electron chi connectivity index (χ1n) is 11.3. The number of carbonyl (C=O) groups is 2. The highest BCUT2D eigenvalue weighted by Gasteiger charge is 2.31. The van der Waals surface area contributed by atoms with Gasteiger partial charge in [-0.05, 0) is 36.1 Å². The Kier molecular flexibility index (Phi) is 7.52. The standard InChI is InChI=1S/C27H26F2N2O3/c28-27(29)34-23-16-8-7-15-22(23)26(33)31-17-9-14-21(18-31)25(32)30-24(19-10-3-1-4-11-19)20-12-5-2-6-13-20/h1-8,10-13,15-16,21,24,27H,9,14,17-18H2,(H,30,32). The lowest BCUT2D eigenvalue weighted by Gasteiger charge is -2.33. The predicted octanol–water partition coefficient (Wildman–Crippen LogP) is 5.05. The maximum Gasteiger partial charge on any atom is 0.387 e. The van der Waals surface area contributed by atoms with Gasteiger partial charge in [0.05, 0.1) is 17.5 Å². The number of amides is 2. The van der Waals surface area contributed by atoms with Crippen LogP contribution in [0.5, 0.6) is 5.75 Å². The van der Waals surface area contributed by atoms with Crippen molar-refractivity contribution in [2.45, 2.75) is 25.5 Å². The fourth-order valence-electron chi connectivity index (χ4n) is 4.30. The van der Waals surface area contributed by atoms with Gasteiger partial charge in [0.15, 0.2) is 0 Å². The van der Waals surface area contributed by atoms with Crippen LogP contribution >= 0.6 is 0 Å². The third kappa shape index (κ3) is 5.60. The van der Waals surface area contributed by atoms with Crippen molar-refractivity contribution in [1.82, 2.24) is 10.2 Å². The summed E-state index contributed by atoms with van der Waals surface area (Å²) in [6.07, 6.45) is 1.28. The minimum atomic E-state index is -3.03. The summed E-state index contributed by atoms with van der Waals surface area (Å²) in [5, 5.41) is 3.16. The third-order valence-electron chi connectivity index (χ3n) is 5.97. The van der Waals surface area contributed by atoms with E-state index < -0.39 is 18.4 Å². The molecular formula is C27H26F2N2O3. The maximum absolute atomic E-state index is 13.3. The molecule has 0 saturated carbocycles. The lowest BCUT2D eigenvalue weighted by Crippen LogP contribution is -2.46. The van der Waals surface area contributed by atoms with E-state index in [0.29, 0.717) is 19.4 Å². The number of nitrogens with one attached hydrogen (secondary N) is 1. The number of nitrogens with zero attached hydrogens (tertiary/aromatic N) is 1. The molecule has 1 atom stereocenters. The molecule has 176 valence electrons. The van der Waals surface area contributed by atoms with Crippen molar-refractivity contribution in [3.05, 3.63) is 102 Å². The number of hydrogen-bond donors (Lipinski definition) is 1. The number of alkyl halides is 2. The lowest BCUT2D eigenvalue weighted by molar-refractivity contribution is -0.126. The SMILES string of the molecule is O=C(NC(c1ccccc1)c1ccccc1)C1CCCN(C(=O)c2ccccc2OC(F)F)C1. The molecule has 1 aliphatic heterocycles. The number of benzene rings is 3. The van der Waals surface area contributed by atoms with Gasteiger partial charge in [0.2, 0.25) is 5.91 Å². The van der Waals surface area contributed by atoms with Gasteiger partial charge in [-0.15, -0.1) is 0 Å². The Morgan fingerprint density at radius 3 is 2.09 bits per heavy atom. The number of carbonyl (C=O) groups excluding carboxylic acids is 2. The molecule has 2 amide bonds. The molecule has 5 nitrogen and oxygen atoms in total. The fraction of sp³-hybridized carbons (Fsp3) is 0.259. The molecule has 0 bridgehead atoms. The molecule has 1 heterocycles. The summed E-state index contributed by atoms with van der Waals surface area (Å²) >= 11 is 0.